The Morgan fingerprint density at radius 1 is 1.20 bits per heavy atom. The van der Waals surface area contributed by atoms with Crippen LogP contribution in [0.25, 0.3) is 0 Å². The Balaban J connectivity index is 2.03. The largest absolute Gasteiger partial charge is 0.392 e. The number of aliphatic hydroxyl groups is 1. The Bertz CT molecular complexity index is 680. The van der Waals surface area contributed by atoms with Gasteiger partial charge >= 0.3 is 0 Å². The maximum Gasteiger partial charge on any atom is 0.123 e. The van der Waals surface area contributed by atoms with Crippen molar-refractivity contribution in [2.24, 2.45) is 0 Å². The summed E-state index contributed by atoms with van der Waals surface area (Å²) in [5.41, 5.74) is 2.06. The van der Waals surface area contributed by atoms with E-state index in [1.165, 1.54) is 6.07 Å². The van der Waals surface area contributed by atoms with Gasteiger partial charge in [-0.05, 0) is 42.7 Å². The normalized spacial score (nSPS) is 12.3. The van der Waals surface area contributed by atoms with E-state index < -0.39 is 0 Å². The van der Waals surface area contributed by atoms with Crippen molar-refractivity contribution < 1.29 is 9.50 Å². The fourth-order valence-electron chi connectivity index (χ4n) is 2.89. The lowest BCUT2D eigenvalue weighted by Crippen LogP contribution is -2.33. The van der Waals surface area contributed by atoms with Gasteiger partial charge in [-0.1, -0.05) is 24.3 Å². The number of rotatable bonds is 11. The second kappa shape index (κ2) is 9.97. The van der Waals surface area contributed by atoms with Crippen LogP contribution in [-0.4, -0.2) is 33.8 Å². The molecular formula is C21H27FN2O. The molecule has 1 aromatic carbocycles. The zero-order valence-corrected chi connectivity index (χ0v) is 14.6. The van der Waals surface area contributed by atoms with Crippen LogP contribution in [0.3, 0.4) is 0 Å². The van der Waals surface area contributed by atoms with Gasteiger partial charge in [-0.15, -0.1) is 13.2 Å². The van der Waals surface area contributed by atoms with Gasteiger partial charge in [0.2, 0.25) is 0 Å². The molecule has 0 aliphatic carbocycles. The molecule has 0 radical (unpaired) electrons. The fourth-order valence-corrected chi connectivity index (χ4v) is 2.89. The van der Waals surface area contributed by atoms with E-state index in [0.717, 1.165) is 17.7 Å². The number of hydrogen-bond acceptors (Lipinski definition) is 2. The highest BCUT2D eigenvalue weighted by atomic mass is 19.1. The van der Waals surface area contributed by atoms with Crippen LogP contribution in [0.4, 0.5) is 4.39 Å². The first-order chi connectivity index (χ1) is 12.1. The first kappa shape index (κ1) is 19.2. The highest BCUT2D eigenvalue weighted by Gasteiger charge is 2.13. The summed E-state index contributed by atoms with van der Waals surface area (Å²) < 4.78 is 15.5. The van der Waals surface area contributed by atoms with E-state index >= 15 is 0 Å². The fraction of sp³-hybridized carbons (Fsp3) is 0.333. The Morgan fingerprint density at radius 3 is 2.76 bits per heavy atom. The van der Waals surface area contributed by atoms with E-state index in [-0.39, 0.29) is 11.9 Å². The highest BCUT2D eigenvalue weighted by Crippen LogP contribution is 2.13. The summed E-state index contributed by atoms with van der Waals surface area (Å²) in [7, 11) is 0. The third kappa shape index (κ3) is 6.33. The predicted octanol–water partition coefficient (Wildman–Crippen LogP) is 3.99. The molecule has 1 N–H and O–H groups in total. The minimum atomic E-state index is -0.385. The second-order valence-corrected chi connectivity index (χ2v) is 6.26. The summed E-state index contributed by atoms with van der Waals surface area (Å²) >= 11 is 0. The summed E-state index contributed by atoms with van der Waals surface area (Å²) in [6.07, 6.45) is 6.80. The zero-order chi connectivity index (χ0) is 18.1. The lowest BCUT2D eigenvalue weighted by atomic mass is 10.2. The highest BCUT2D eigenvalue weighted by molar-refractivity contribution is 5.19. The molecule has 0 bridgehead atoms. The maximum atomic E-state index is 13.4. The van der Waals surface area contributed by atoms with E-state index in [0.29, 0.717) is 32.6 Å². The molecule has 1 heterocycles. The van der Waals surface area contributed by atoms with Crippen LogP contribution in [0.15, 0.2) is 67.9 Å². The quantitative estimate of drug-likeness (QED) is 0.626. The van der Waals surface area contributed by atoms with Gasteiger partial charge in [0.15, 0.2) is 0 Å². The van der Waals surface area contributed by atoms with E-state index in [4.69, 9.17) is 0 Å². The van der Waals surface area contributed by atoms with E-state index in [9.17, 15) is 9.50 Å². The van der Waals surface area contributed by atoms with Gasteiger partial charge in [0.25, 0.3) is 0 Å². The van der Waals surface area contributed by atoms with Crippen LogP contribution < -0.4 is 0 Å². The molecule has 0 amide bonds. The molecule has 0 aliphatic heterocycles. The summed E-state index contributed by atoms with van der Waals surface area (Å²) in [6.45, 7) is 10.1. The molecular weight excluding hydrogens is 315 g/mol. The average Bonchev–Trinajstić information content (AvgIpc) is 3.00. The molecule has 0 saturated heterocycles. The van der Waals surface area contributed by atoms with Crippen molar-refractivity contribution in [1.82, 2.24) is 9.47 Å². The predicted molar refractivity (Wildman–Crippen MR) is 101 cm³/mol. The third-order valence-corrected chi connectivity index (χ3v) is 4.11. The lowest BCUT2D eigenvalue weighted by molar-refractivity contribution is 0.107. The minimum absolute atomic E-state index is 0.218. The van der Waals surface area contributed by atoms with E-state index in [2.05, 4.69) is 28.7 Å². The van der Waals surface area contributed by atoms with Crippen molar-refractivity contribution in [3.8, 4) is 0 Å². The van der Waals surface area contributed by atoms with Crippen molar-refractivity contribution in [3.05, 3.63) is 85.0 Å². The van der Waals surface area contributed by atoms with Gasteiger partial charge < -0.3 is 9.67 Å². The third-order valence-electron chi connectivity index (χ3n) is 4.11. The van der Waals surface area contributed by atoms with Crippen LogP contribution >= 0.6 is 0 Å². The molecule has 1 atom stereocenters. The Hall–Kier alpha value is -2.17. The number of halogens is 1. The van der Waals surface area contributed by atoms with Crippen molar-refractivity contribution in [3.63, 3.8) is 0 Å². The number of allylic oxidation sites excluding steroid dienone is 1. The zero-order valence-electron chi connectivity index (χ0n) is 14.6. The molecule has 0 spiro atoms. The molecule has 0 saturated carbocycles. The number of aliphatic hydroxyl groups excluding tert-OH is 1. The van der Waals surface area contributed by atoms with Gasteiger partial charge in [0.05, 0.1) is 6.10 Å². The van der Waals surface area contributed by atoms with E-state index in [1.54, 1.807) is 12.1 Å². The Morgan fingerprint density at radius 2 is 2.04 bits per heavy atom. The molecule has 0 fully saturated rings. The monoisotopic (exact) mass is 342 g/mol. The van der Waals surface area contributed by atoms with Crippen LogP contribution in [0, 0.1) is 5.82 Å². The van der Waals surface area contributed by atoms with Crippen LogP contribution in [0.5, 0.6) is 0 Å². The lowest BCUT2D eigenvalue weighted by Gasteiger charge is -2.24. The van der Waals surface area contributed by atoms with Gasteiger partial charge in [-0.3, -0.25) is 4.90 Å². The standard InChI is InChI=1S/C21H27FN2O/c1-3-5-11-21(25)17-23(12-4-2)16-20-10-7-13-24(20)15-18-8-6-9-19(22)14-18/h3-4,6-10,13-14,21,25H,1-2,5,11-12,15-17H2. The molecule has 0 aliphatic rings. The smallest absolute Gasteiger partial charge is 0.123 e. The maximum absolute atomic E-state index is 13.4. The minimum Gasteiger partial charge on any atom is -0.392 e. The molecule has 4 heteroatoms. The van der Waals surface area contributed by atoms with Gasteiger partial charge in [-0.25, -0.2) is 4.39 Å². The number of benzene rings is 1. The summed E-state index contributed by atoms with van der Waals surface area (Å²) in [6, 6.07) is 10.7. The SMILES string of the molecule is C=CCCC(O)CN(CC=C)Cc1cccn1Cc1cccc(F)c1. The first-order valence-electron chi connectivity index (χ1n) is 8.63. The molecule has 2 aromatic rings. The summed E-state index contributed by atoms with van der Waals surface area (Å²) in [4.78, 5) is 2.16. The van der Waals surface area contributed by atoms with Gasteiger partial charge in [-0.2, -0.15) is 0 Å². The molecule has 3 nitrogen and oxygen atoms in total. The first-order valence-corrected chi connectivity index (χ1v) is 8.63. The van der Waals surface area contributed by atoms with Gasteiger partial charge in [0.1, 0.15) is 5.82 Å². The van der Waals surface area contributed by atoms with E-state index in [1.807, 2.05) is 30.5 Å². The van der Waals surface area contributed by atoms with Crippen LogP contribution in [0.2, 0.25) is 0 Å². The van der Waals surface area contributed by atoms with Crippen molar-refractivity contribution in [2.45, 2.75) is 32.0 Å². The van der Waals surface area contributed by atoms with Gasteiger partial charge in [0, 0.05) is 38.1 Å². The molecule has 2 rings (SSSR count). The summed E-state index contributed by atoms with van der Waals surface area (Å²) in [5, 5.41) is 10.2. The van der Waals surface area contributed by atoms with Crippen LogP contribution in [-0.2, 0) is 13.1 Å². The topological polar surface area (TPSA) is 28.4 Å². The Kier molecular flexibility index (Phi) is 7.64. The molecule has 134 valence electrons. The van der Waals surface area contributed by atoms with Crippen molar-refractivity contribution in [1.29, 1.82) is 0 Å². The number of aromatic nitrogens is 1. The molecule has 1 unspecified atom stereocenters. The molecule has 1 aromatic heterocycles. The number of nitrogens with zero attached hydrogens (tertiary/aromatic N) is 2. The Labute approximate surface area is 149 Å². The van der Waals surface area contributed by atoms with Crippen molar-refractivity contribution >= 4 is 0 Å². The average molecular weight is 342 g/mol. The summed E-state index contributed by atoms with van der Waals surface area (Å²) in [5.74, 6) is -0.218. The van der Waals surface area contributed by atoms with Crippen molar-refractivity contribution in [2.75, 3.05) is 13.1 Å². The van der Waals surface area contributed by atoms with Crippen LogP contribution in [0.1, 0.15) is 24.1 Å². The molecule has 25 heavy (non-hydrogen) atoms. The number of hydrogen-bond donors (Lipinski definition) is 1. The second-order valence-electron chi connectivity index (χ2n) is 6.26.